The highest BCUT2D eigenvalue weighted by atomic mass is 16.4. The van der Waals surface area contributed by atoms with Crippen LogP contribution in [0.3, 0.4) is 0 Å². The summed E-state index contributed by atoms with van der Waals surface area (Å²) in [6.45, 7) is 3.24. The molecule has 3 rings (SSSR count). The van der Waals surface area contributed by atoms with Crippen molar-refractivity contribution >= 4 is 17.8 Å². The van der Waals surface area contributed by atoms with Gasteiger partial charge in [-0.3, -0.25) is 9.59 Å². The Morgan fingerprint density at radius 2 is 1.96 bits per heavy atom. The number of rotatable bonds is 6. The van der Waals surface area contributed by atoms with Crippen molar-refractivity contribution in [2.24, 2.45) is 0 Å². The predicted octanol–water partition coefficient (Wildman–Crippen LogP) is 2.79. The van der Waals surface area contributed by atoms with E-state index in [9.17, 15) is 19.5 Å². The molecule has 0 saturated carbocycles. The van der Waals surface area contributed by atoms with Gasteiger partial charge in [-0.15, -0.1) is 0 Å². The van der Waals surface area contributed by atoms with Crippen molar-refractivity contribution in [1.82, 2.24) is 10.2 Å². The summed E-state index contributed by atoms with van der Waals surface area (Å²) in [5.74, 6) is -1.21. The Morgan fingerprint density at radius 1 is 1.19 bits per heavy atom. The number of nitrogens with zero attached hydrogens (tertiary/aromatic N) is 1. The molecule has 6 nitrogen and oxygen atoms in total. The van der Waals surface area contributed by atoms with Gasteiger partial charge < -0.3 is 15.3 Å². The smallest absolute Gasteiger partial charge is 0.336 e. The minimum absolute atomic E-state index is 0.0614. The molecule has 0 aromatic heterocycles. The molecule has 1 heterocycles. The van der Waals surface area contributed by atoms with Gasteiger partial charge in [0.25, 0.3) is 5.91 Å². The van der Waals surface area contributed by atoms with E-state index < -0.39 is 5.97 Å². The molecule has 2 aromatic rings. The van der Waals surface area contributed by atoms with Crippen molar-refractivity contribution in [3.8, 4) is 11.1 Å². The van der Waals surface area contributed by atoms with Crippen LogP contribution in [-0.4, -0.2) is 46.9 Å². The highest BCUT2D eigenvalue weighted by Crippen LogP contribution is 2.25. The molecule has 0 unspecified atom stereocenters. The summed E-state index contributed by atoms with van der Waals surface area (Å²) in [5, 5.41) is 12.3. The van der Waals surface area contributed by atoms with E-state index in [4.69, 9.17) is 0 Å². The first-order valence-corrected chi connectivity index (χ1v) is 9.01. The normalized spacial score (nSPS) is 16.4. The molecule has 1 aliphatic rings. The van der Waals surface area contributed by atoms with E-state index in [-0.39, 0.29) is 23.4 Å². The maximum absolute atomic E-state index is 12.6. The van der Waals surface area contributed by atoms with Crippen molar-refractivity contribution in [3.05, 3.63) is 59.7 Å². The molecule has 0 bridgehead atoms. The number of amides is 2. The van der Waals surface area contributed by atoms with Crippen molar-refractivity contribution in [1.29, 1.82) is 0 Å². The summed E-state index contributed by atoms with van der Waals surface area (Å²) < 4.78 is 0. The SMILES string of the molecule is CCCN1C[C@H](NC(=O)c2cccc(-c3ccccc3C(=O)O)c2)CC1=O. The number of carbonyl (C=O) groups excluding carboxylic acids is 2. The molecule has 140 valence electrons. The second kappa shape index (κ2) is 8.03. The molecule has 2 N–H and O–H groups in total. The molecule has 1 fully saturated rings. The van der Waals surface area contributed by atoms with E-state index in [1.807, 2.05) is 6.92 Å². The molecular weight excluding hydrogens is 344 g/mol. The van der Waals surface area contributed by atoms with E-state index in [0.29, 0.717) is 36.2 Å². The zero-order valence-corrected chi connectivity index (χ0v) is 15.1. The van der Waals surface area contributed by atoms with Gasteiger partial charge in [-0.2, -0.15) is 0 Å². The lowest BCUT2D eigenvalue weighted by atomic mass is 9.98. The van der Waals surface area contributed by atoms with Gasteiger partial charge in [-0.05, 0) is 35.7 Å². The molecule has 1 aliphatic heterocycles. The number of hydrogen-bond donors (Lipinski definition) is 2. The Labute approximate surface area is 157 Å². The number of likely N-dealkylation sites (tertiary alicyclic amines) is 1. The summed E-state index contributed by atoms with van der Waals surface area (Å²) in [7, 11) is 0. The third-order valence-electron chi connectivity index (χ3n) is 4.64. The number of hydrogen-bond acceptors (Lipinski definition) is 3. The third kappa shape index (κ3) is 4.16. The van der Waals surface area contributed by atoms with Crippen LogP contribution >= 0.6 is 0 Å². The van der Waals surface area contributed by atoms with E-state index in [2.05, 4.69) is 5.32 Å². The lowest BCUT2D eigenvalue weighted by Crippen LogP contribution is -2.37. The zero-order valence-electron chi connectivity index (χ0n) is 15.1. The molecule has 1 atom stereocenters. The summed E-state index contributed by atoms with van der Waals surface area (Å²) in [6, 6.07) is 13.4. The van der Waals surface area contributed by atoms with Gasteiger partial charge in [0.2, 0.25) is 5.91 Å². The van der Waals surface area contributed by atoms with Crippen LogP contribution < -0.4 is 5.32 Å². The van der Waals surface area contributed by atoms with Gasteiger partial charge >= 0.3 is 5.97 Å². The number of nitrogens with one attached hydrogen (secondary N) is 1. The first kappa shape index (κ1) is 18.6. The van der Waals surface area contributed by atoms with E-state index >= 15 is 0 Å². The maximum Gasteiger partial charge on any atom is 0.336 e. The highest BCUT2D eigenvalue weighted by molar-refractivity contribution is 5.99. The summed E-state index contributed by atoms with van der Waals surface area (Å²) >= 11 is 0. The second-order valence-corrected chi connectivity index (χ2v) is 6.65. The Hall–Kier alpha value is -3.15. The summed E-state index contributed by atoms with van der Waals surface area (Å²) in [4.78, 5) is 37.8. The minimum atomic E-state index is -1.01. The lowest BCUT2D eigenvalue weighted by molar-refractivity contribution is -0.127. The van der Waals surface area contributed by atoms with Gasteiger partial charge in [0.1, 0.15) is 0 Å². The first-order chi connectivity index (χ1) is 13.0. The van der Waals surface area contributed by atoms with Crippen molar-refractivity contribution in [2.45, 2.75) is 25.8 Å². The predicted molar refractivity (Wildman–Crippen MR) is 102 cm³/mol. The molecule has 2 aromatic carbocycles. The molecule has 0 spiro atoms. The average molecular weight is 366 g/mol. The number of benzene rings is 2. The Balaban J connectivity index is 1.77. The van der Waals surface area contributed by atoms with Crippen LogP contribution in [0.5, 0.6) is 0 Å². The van der Waals surface area contributed by atoms with Gasteiger partial charge in [0, 0.05) is 25.1 Å². The lowest BCUT2D eigenvalue weighted by Gasteiger charge is -2.16. The van der Waals surface area contributed by atoms with Crippen molar-refractivity contribution in [3.63, 3.8) is 0 Å². The molecule has 6 heteroatoms. The number of carboxylic acids is 1. The van der Waals surface area contributed by atoms with Crippen molar-refractivity contribution < 1.29 is 19.5 Å². The molecule has 2 amide bonds. The fraction of sp³-hybridized carbons (Fsp3) is 0.286. The Bertz CT molecular complexity index is 878. The van der Waals surface area contributed by atoms with Crippen LogP contribution in [0.4, 0.5) is 0 Å². The molecular formula is C21H22N2O4. The number of carbonyl (C=O) groups is 3. The average Bonchev–Trinajstić information content (AvgIpc) is 3.01. The van der Waals surface area contributed by atoms with Crippen molar-refractivity contribution in [2.75, 3.05) is 13.1 Å². The van der Waals surface area contributed by atoms with Crippen LogP contribution in [0.1, 0.15) is 40.5 Å². The van der Waals surface area contributed by atoms with Gasteiger partial charge in [-0.1, -0.05) is 37.3 Å². The third-order valence-corrected chi connectivity index (χ3v) is 4.64. The molecule has 27 heavy (non-hydrogen) atoms. The quantitative estimate of drug-likeness (QED) is 0.823. The second-order valence-electron chi connectivity index (χ2n) is 6.65. The van der Waals surface area contributed by atoms with Crippen LogP contribution in [-0.2, 0) is 4.79 Å². The van der Waals surface area contributed by atoms with Gasteiger partial charge in [0.15, 0.2) is 0 Å². The topological polar surface area (TPSA) is 86.7 Å². The summed E-state index contributed by atoms with van der Waals surface area (Å²) in [5.41, 5.74) is 1.85. The van der Waals surface area contributed by atoms with E-state index in [0.717, 1.165) is 6.42 Å². The van der Waals surface area contributed by atoms with E-state index in [1.54, 1.807) is 47.4 Å². The van der Waals surface area contributed by atoms with Gasteiger partial charge in [0.05, 0.1) is 11.6 Å². The fourth-order valence-corrected chi connectivity index (χ4v) is 3.37. The van der Waals surface area contributed by atoms with Crippen LogP contribution in [0.2, 0.25) is 0 Å². The molecule has 0 radical (unpaired) electrons. The fourth-order valence-electron chi connectivity index (χ4n) is 3.37. The Kier molecular flexibility index (Phi) is 5.54. The van der Waals surface area contributed by atoms with Gasteiger partial charge in [-0.25, -0.2) is 4.79 Å². The number of aromatic carboxylic acids is 1. The van der Waals surface area contributed by atoms with E-state index in [1.165, 1.54) is 6.07 Å². The number of carboxylic acid groups (broad SMARTS) is 1. The molecule has 1 saturated heterocycles. The maximum atomic E-state index is 12.6. The summed E-state index contributed by atoms with van der Waals surface area (Å²) in [6.07, 6.45) is 1.20. The minimum Gasteiger partial charge on any atom is -0.478 e. The monoisotopic (exact) mass is 366 g/mol. The van der Waals surface area contributed by atoms with Crippen LogP contribution in [0.15, 0.2) is 48.5 Å². The van der Waals surface area contributed by atoms with Crippen LogP contribution in [0, 0.1) is 0 Å². The first-order valence-electron chi connectivity index (χ1n) is 9.01. The largest absolute Gasteiger partial charge is 0.478 e. The Morgan fingerprint density at radius 3 is 2.70 bits per heavy atom. The van der Waals surface area contributed by atoms with Crippen LogP contribution in [0.25, 0.3) is 11.1 Å². The highest BCUT2D eigenvalue weighted by Gasteiger charge is 2.30. The standard InChI is InChI=1S/C21H22N2O4/c1-2-10-23-13-16(12-19(23)24)22-20(25)15-7-5-6-14(11-15)17-8-3-4-9-18(17)21(26)27/h3-9,11,16H,2,10,12-13H2,1H3,(H,22,25)(H,26,27)/t16-/m1/s1. The zero-order chi connectivity index (χ0) is 19.4. The molecule has 0 aliphatic carbocycles.